The highest BCUT2D eigenvalue weighted by atomic mass is 16.5. The Labute approximate surface area is 401 Å². The van der Waals surface area contributed by atoms with Gasteiger partial charge in [0, 0.05) is 160 Å². The van der Waals surface area contributed by atoms with E-state index in [1.54, 1.807) is 99.5 Å². The molecule has 0 unspecified atom stereocenters. The number of unbranched alkanes of at least 4 members (excludes halogenated alkanes) is 6. The Bertz CT molecular complexity index is 709. The zero-order valence-electron chi connectivity index (χ0n) is 45.2. The molecular formula is C50H110O15. The summed E-state index contributed by atoms with van der Waals surface area (Å²) in [6, 6.07) is 0. The standard InChI is InChI=1S/C14H30O3.C12H26O3.C10H22O3.C8H18O3.C6H14O3/c1-15-12-8-4-6-10-14(17-3)11-7-5-9-13-16-2;1-13-10-6-4-8-12(15-3)9-5-7-11-14-2;1-11-8-4-6-10(13-3)7-5-9-12-2;1-9-6-4-8(11-3)5-7-10-2;1-7-4-6(9-3)5-8-2/h14H,4-13H2,1-3H3;12H,4-11H2,1-3H3;10H,4-9H2,1-3H3;8H,4-7H2,1-3H3;6H,4-5H2,1-3H3. The minimum absolute atomic E-state index is 0.0694. The molecule has 0 aromatic heterocycles. The first kappa shape index (κ1) is 73.4. The van der Waals surface area contributed by atoms with Crippen LogP contribution in [0.4, 0.5) is 0 Å². The molecule has 0 amide bonds. The second-order valence-corrected chi connectivity index (χ2v) is 15.7. The summed E-state index contributed by atoms with van der Waals surface area (Å²) < 4.78 is 76.0. The molecule has 0 rings (SSSR count). The van der Waals surface area contributed by atoms with Gasteiger partial charge in [-0.05, 0) is 103 Å². The quantitative estimate of drug-likeness (QED) is 0.0536. The van der Waals surface area contributed by atoms with Gasteiger partial charge in [0.05, 0.1) is 37.6 Å². The maximum atomic E-state index is 5.50. The fourth-order valence-electron chi connectivity index (χ4n) is 6.31. The van der Waals surface area contributed by atoms with Gasteiger partial charge in [0.2, 0.25) is 0 Å². The van der Waals surface area contributed by atoms with E-state index < -0.39 is 0 Å². The molecule has 0 spiro atoms. The second kappa shape index (κ2) is 70.0. The molecule has 15 nitrogen and oxygen atoms in total. The highest BCUT2D eigenvalue weighted by Gasteiger charge is 2.09. The molecule has 0 aliphatic rings. The van der Waals surface area contributed by atoms with Crippen molar-refractivity contribution in [2.24, 2.45) is 0 Å². The summed E-state index contributed by atoms with van der Waals surface area (Å²) in [6.45, 7) is 7.82. The van der Waals surface area contributed by atoms with Gasteiger partial charge in [-0.2, -0.15) is 0 Å². The zero-order valence-corrected chi connectivity index (χ0v) is 45.2. The third-order valence-electron chi connectivity index (χ3n) is 10.4. The van der Waals surface area contributed by atoms with Crippen molar-refractivity contribution in [1.82, 2.24) is 0 Å². The van der Waals surface area contributed by atoms with Gasteiger partial charge in [0.1, 0.15) is 6.10 Å². The highest BCUT2D eigenvalue weighted by molar-refractivity contribution is 4.61. The predicted molar refractivity (Wildman–Crippen MR) is 265 cm³/mol. The largest absolute Gasteiger partial charge is 0.385 e. The average molecular weight is 951 g/mol. The summed E-state index contributed by atoms with van der Waals surface area (Å²) >= 11 is 0. The third-order valence-corrected chi connectivity index (χ3v) is 10.4. The molecular weight excluding hydrogens is 841 g/mol. The van der Waals surface area contributed by atoms with Crippen LogP contribution in [0.5, 0.6) is 0 Å². The molecule has 0 bridgehead atoms. The molecule has 0 N–H and O–H groups in total. The smallest absolute Gasteiger partial charge is 0.104 e. The fraction of sp³-hybridized carbons (Fsp3) is 1.00. The normalized spacial score (nSPS) is 11.1. The Morgan fingerprint density at radius 3 is 0.646 bits per heavy atom. The summed E-state index contributed by atoms with van der Waals surface area (Å²) in [5, 5.41) is 0. The van der Waals surface area contributed by atoms with Gasteiger partial charge < -0.3 is 71.1 Å². The van der Waals surface area contributed by atoms with Crippen LogP contribution in [0.25, 0.3) is 0 Å². The van der Waals surface area contributed by atoms with Crippen LogP contribution < -0.4 is 0 Å². The molecule has 15 heteroatoms. The molecule has 0 atom stereocenters. The number of rotatable bonds is 45. The zero-order chi connectivity index (χ0) is 49.7. The summed E-state index contributed by atoms with van der Waals surface area (Å²) in [6.07, 6.45) is 24.4. The molecule has 0 saturated carbocycles. The Hall–Kier alpha value is -0.600. The number of methoxy groups -OCH3 is 15. The summed E-state index contributed by atoms with van der Waals surface area (Å²) in [5.41, 5.74) is 0. The minimum atomic E-state index is 0.0694. The van der Waals surface area contributed by atoms with Gasteiger partial charge in [0.15, 0.2) is 0 Å². The third kappa shape index (κ3) is 67.7. The predicted octanol–water partition coefficient (Wildman–Crippen LogP) is 9.27. The molecule has 0 aliphatic heterocycles. The summed E-state index contributed by atoms with van der Waals surface area (Å²) in [7, 11) is 25.9. The van der Waals surface area contributed by atoms with Gasteiger partial charge in [-0.15, -0.1) is 0 Å². The van der Waals surface area contributed by atoms with E-state index in [-0.39, 0.29) is 12.2 Å². The van der Waals surface area contributed by atoms with Gasteiger partial charge in [-0.3, -0.25) is 0 Å². The van der Waals surface area contributed by atoms with Crippen LogP contribution in [-0.4, -0.2) is 203 Å². The van der Waals surface area contributed by atoms with Crippen LogP contribution in [0, 0.1) is 0 Å². The maximum Gasteiger partial charge on any atom is 0.104 e. The van der Waals surface area contributed by atoms with E-state index in [4.69, 9.17) is 71.1 Å². The molecule has 0 aromatic rings. The van der Waals surface area contributed by atoms with Crippen LogP contribution in [0.1, 0.15) is 128 Å². The van der Waals surface area contributed by atoms with Gasteiger partial charge in [-0.25, -0.2) is 0 Å². The monoisotopic (exact) mass is 951 g/mol. The van der Waals surface area contributed by atoms with Crippen LogP contribution >= 0.6 is 0 Å². The van der Waals surface area contributed by atoms with Crippen molar-refractivity contribution in [2.45, 2.75) is 159 Å². The van der Waals surface area contributed by atoms with E-state index in [1.165, 1.54) is 64.2 Å². The molecule has 0 saturated heterocycles. The molecule has 0 aliphatic carbocycles. The number of hydrogen-bond donors (Lipinski definition) is 0. The van der Waals surface area contributed by atoms with E-state index >= 15 is 0 Å². The van der Waals surface area contributed by atoms with Crippen molar-refractivity contribution in [1.29, 1.82) is 0 Å². The fourth-order valence-corrected chi connectivity index (χ4v) is 6.31. The Balaban J connectivity index is -0.000000234. The Morgan fingerprint density at radius 1 is 0.185 bits per heavy atom. The van der Waals surface area contributed by atoms with Gasteiger partial charge in [0.25, 0.3) is 0 Å². The Kier molecular flexibility index (Phi) is 79.0. The van der Waals surface area contributed by atoms with Crippen molar-refractivity contribution in [3.63, 3.8) is 0 Å². The van der Waals surface area contributed by atoms with Crippen molar-refractivity contribution in [3.8, 4) is 0 Å². The summed E-state index contributed by atoms with van der Waals surface area (Å²) in [4.78, 5) is 0. The molecule has 0 aromatic carbocycles. The topological polar surface area (TPSA) is 138 Å². The first-order valence-electron chi connectivity index (χ1n) is 24.3. The molecule has 0 fully saturated rings. The lowest BCUT2D eigenvalue weighted by atomic mass is 10.0. The van der Waals surface area contributed by atoms with E-state index in [1.807, 2.05) is 7.11 Å². The van der Waals surface area contributed by atoms with Crippen molar-refractivity contribution < 1.29 is 71.1 Å². The van der Waals surface area contributed by atoms with E-state index in [2.05, 4.69) is 0 Å². The maximum absolute atomic E-state index is 5.50. The van der Waals surface area contributed by atoms with Crippen LogP contribution in [0.15, 0.2) is 0 Å². The van der Waals surface area contributed by atoms with Crippen LogP contribution in [0.2, 0.25) is 0 Å². The first-order chi connectivity index (χ1) is 31.7. The highest BCUT2D eigenvalue weighted by Crippen LogP contribution is 2.14. The molecule has 400 valence electrons. The SMILES string of the molecule is COCC(COC)OC.COCCC(CCOC)OC.COCCCC(CCCOC)OC.COCCCCC(CCCCOC)OC.COCCCCCC(CCCCCOC)OC. The first-order valence-corrected chi connectivity index (χ1v) is 24.3. The molecule has 0 radical (unpaired) electrons. The molecule has 0 heterocycles. The number of hydrogen-bond acceptors (Lipinski definition) is 15. The van der Waals surface area contributed by atoms with E-state index in [0.29, 0.717) is 31.5 Å². The van der Waals surface area contributed by atoms with E-state index in [9.17, 15) is 0 Å². The minimum Gasteiger partial charge on any atom is -0.385 e. The lowest BCUT2D eigenvalue weighted by molar-refractivity contribution is -0.0178. The second-order valence-electron chi connectivity index (χ2n) is 15.7. The van der Waals surface area contributed by atoms with Gasteiger partial charge in [-0.1, -0.05) is 25.7 Å². The van der Waals surface area contributed by atoms with Crippen molar-refractivity contribution >= 4 is 0 Å². The van der Waals surface area contributed by atoms with Crippen molar-refractivity contribution in [2.75, 3.05) is 173 Å². The van der Waals surface area contributed by atoms with Crippen LogP contribution in [-0.2, 0) is 71.1 Å². The van der Waals surface area contributed by atoms with Gasteiger partial charge >= 0.3 is 0 Å². The van der Waals surface area contributed by atoms with Crippen LogP contribution in [0.3, 0.4) is 0 Å². The number of ether oxygens (including phenoxy) is 15. The van der Waals surface area contributed by atoms with E-state index in [0.717, 1.165) is 117 Å². The lowest BCUT2D eigenvalue weighted by Crippen LogP contribution is -2.22. The average Bonchev–Trinajstić information content (AvgIpc) is 3.33. The van der Waals surface area contributed by atoms with Crippen molar-refractivity contribution in [3.05, 3.63) is 0 Å². The Morgan fingerprint density at radius 2 is 0.400 bits per heavy atom. The molecule has 65 heavy (non-hydrogen) atoms. The summed E-state index contributed by atoms with van der Waals surface area (Å²) in [5.74, 6) is 0. The lowest BCUT2D eigenvalue weighted by Gasteiger charge is -2.14.